The third-order valence-electron chi connectivity index (χ3n) is 4.27. The number of nitrogens with one attached hydrogen (secondary N) is 1. The Labute approximate surface area is 127 Å². The predicted octanol–water partition coefficient (Wildman–Crippen LogP) is 2.98. The highest BCUT2D eigenvalue weighted by molar-refractivity contribution is 5.87. The van der Waals surface area contributed by atoms with E-state index in [1.54, 1.807) is 6.92 Å². The second-order valence-corrected chi connectivity index (χ2v) is 5.91. The fourth-order valence-electron chi connectivity index (χ4n) is 2.76. The van der Waals surface area contributed by atoms with Crippen molar-refractivity contribution in [1.29, 1.82) is 0 Å². The minimum Gasteiger partial charge on any atom is -0.351 e. The average Bonchev–Trinajstić information content (AvgIpc) is 2.42. The van der Waals surface area contributed by atoms with Crippen LogP contribution in [-0.2, 0) is 10.3 Å². The molecule has 0 spiro atoms. The van der Waals surface area contributed by atoms with E-state index in [1.807, 2.05) is 30.3 Å². The van der Waals surface area contributed by atoms with Crippen molar-refractivity contribution in [3.8, 4) is 0 Å². The number of rotatable bonds is 3. The van der Waals surface area contributed by atoms with E-state index in [4.69, 9.17) is 5.73 Å². The van der Waals surface area contributed by atoms with Crippen molar-refractivity contribution >= 4 is 18.3 Å². The topological polar surface area (TPSA) is 55.1 Å². The van der Waals surface area contributed by atoms with E-state index >= 15 is 0 Å². The van der Waals surface area contributed by atoms with Gasteiger partial charge in [0.1, 0.15) is 5.54 Å². The second-order valence-electron chi connectivity index (χ2n) is 5.91. The molecular weight excluding hydrogens is 272 g/mol. The summed E-state index contributed by atoms with van der Waals surface area (Å²) in [5.41, 5.74) is 6.13. The maximum absolute atomic E-state index is 12.4. The first kappa shape index (κ1) is 17.0. The van der Waals surface area contributed by atoms with Crippen molar-refractivity contribution in [1.82, 2.24) is 5.32 Å². The van der Waals surface area contributed by atoms with Gasteiger partial charge in [-0.05, 0) is 31.2 Å². The molecule has 1 aromatic rings. The smallest absolute Gasteiger partial charge is 0.244 e. The maximum atomic E-state index is 12.4. The van der Waals surface area contributed by atoms with E-state index in [1.165, 1.54) is 19.3 Å². The third kappa shape index (κ3) is 3.74. The molecule has 0 radical (unpaired) electrons. The van der Waals surface area contributed by atoms with E-state index in [0.717, 1.165) is 12.0 Å². The van der Waals surface area contributed by atoms with Crippen molar-refractivity contribution in [3.63, 3.8) is 0 Å². The van der Waals surface area contributed by atoms with Gasteiger partial charge in [0, 0.05) is 6.04 Å². The number of halogens is 1. The van der Waals surface area contributed by atoms with Crippen molar-refractivity contribution in [2.75, 3.05) is 0 Å². The summed E-state index contributed by atoms with van der Waals surface area (Å²) in [5.74, 6) is 0.474. The van der Waals surface area contributed by atoms with Gasteiger partial charge in [-0.1, -0.05) is 50.1 Å². The van der Waals surface area contributed by atoms with E-state index < -0.39 is 5.54 Å². The van der Waals surface area contributed by atoms with E-state index in [0.29, 0.717) is 5.92 Å². The molecule has 3 N–H and O–H groups in total. The molecule has 3 unspecified atom stereocenters. The zero-order valence-electron chi connectivity index (χ0n) is 12.3. The molecular formula is C16H25ClN2O. The van der Waals surface area contributed by atoms with Crippen LogP contribution in [0.5, 0.6) is 0 Å². The first-order valence-corrected chi connectivity index (χ1v) is 7.17. The largest absolute Gasteiger partial charge is 0.351 e. The van der Waals surface area contributed by atoms with Crippen LogP contribution in [0.1, 0.15) is 45.1 Å². The van der Waals surface area contributed by atoms with Gasteiger partial charge in [-0.3, -0.25) is 4.79 Å². The van der Waals surface area contributed by atoms with Gasteiger partial charge in [-0.25, -0.2) is 0 Å². The standard InChI is InChI=1S/C16H24N2O.ClH/c1-12-8-6-7-11-14(12)18-15(19)16(2,17)13-9-4-3-5-10-13;/h3-5,9-10,12,14H,6-8,11,17H2,1-2H3,(H,18,19);1H. The first-order chi connectivity index (χ1) is 9.01. The van der Waals surface area contributed by atoms with Crippen molar-refractivity contribution in [2.45, 2.75) is 51.1 Å². The molecule has 1 aromatic carbocycles. The summed E-state index contributed by atoms with van der Waals surface area (Å²) in [5, 5.41) is 3.14. The molecule has 112 valence electrons. The number of hydrogen-bond donors (Lipinski definition) is 2. The molecule has 1 saturated carbocycles. The molecule has 1 fully saturated rings. The Morgan fingerprint density at radius 1 is 1.25 bits per heavy atom. The highest BCUT2D eigenvalue weighted by atomic mass is 35.5. The van der Waals surface area contributed by atoms with Crippen LogP contribution >= 0.6 is 12.4 Å². The Balaban J connectivity index is 0.00000200. The summed E-state index contributed by atoms with van der Waals surface area (Å²) in [6, 6.07) is 9.84. The van der Waals surface area contributed by atoms with Gasteiger partial charge in [0.05, 0.1) is 0 Å². The molecule has 1 aliphatic rings. The lowest BCUT2D eigenvalue weighted by atomic mass is 9.84. The number of carbonyl (C=O) groups excluding carboxylic acids is 1. The summed E-state index contributed by atoms with van der Waals surface area (Å²) >= 11 is 0. The predicted molar refractivity (Wildman–Crippen MR) is 84.8 cm³/mol. The molecule has 2 rings (SSSR count). The highest BCUT2D eigenvalue weighted by Gasteiger charge is 2.33. The summed E-state index contributed by atoms with van der Waals surface area (Å²) in [6.07, 6.45) is 4.73. The zero-order valence-corrected chi connectivity index (χ0v) is 13.1. The fraction of sp³-hybridized carbons (Fsp3) is 0.562. The number of hydrogen-bond acceptors (Lipinski definition) is 2. The molecule has 3 nitrogen and oxygen atoms in total. The molecule has 0 saturated heterocycles. The third-order valence-corrected chi connectivity index (χ3v) is 4.27. The average molecular weight is 297 g/mol. The monoisotopic (exact) mass is 296 g/mol. The molecule has 0 aliphatic heterocycles. The molecule has 0 aromatic heterocycles. The molecule has 4 heteroatoms. The Bertz CT molecular complexity index is 433. The molecule has 3 atom stereocenters. The van der Waals surface area contributed by atoms with Crippen LogP contribution in [0, 0.1) is 5.92 Å². The zero-order chi connectivity index (χ0) is 13.9. The van der Waals surface area contributed by atoms with Gasteiger partial charge in [0.15, 0.2) is 0 Å². The summed E-state index contributed by atoms with van der Waals surface area (Å²) in [7, 11) is 0. The molecule has 1 aliphatic carbocycles. The maximum Gasteiger partial charge on any atom is 0.244 e. The van der Waals surface area contributed by atoms with Gasteiger partial charge < -0.3 is 11.1 Å². The van der Waals surface area contributed by atoms with Gasteiger partial charge in [0.25, 0.3) is 0 Å². The van der Waals surface area contributed by atoms with E-state index in [-0.39, 0.29) is 24.4 Å². The minimum atomic E-state index is -0.960. The van der Waals surface area contributed by atoms with Crippen LogP contribution < -0.4 is 11.1 Å². The number of amides is 1. The Morgan fingerprint density at radius 3 is 2.45 bits per heavy atom. The van der Waals surface area contributed by atoms with Crippen LogP contribution in [0.4, 0.5) is 0 Å². The first-order valence-electron chi connectivity index (χ1n) is 7.17. The van der Waals surface area contributed by atoms with Gasteiger partial charge in [-0.15, -0.1) is 12.4 Å². The molecule has 0 heterocycles. The Hall–Kier alpha value is -1.06. The van der Waals surface area contributed by atoms with E-state index in [9.17, 15) is 4.79 Å². The fourth-order valence-corrected chi connectivity index (χ4v) is 2.76. The lowest BCUT2D eigenvalue weighted by Crippen LogP contribution is -2.53. The summed E-state index contributed by atoms with van der Waals surface area (Å²) in [4.78, 5) is 12.4. The molecule has 1 amide bonds. The van der Waals surface area contributed by atoms with Crippen LogP contribution in [0.25, 0.3) is 0 Å². The van der Waals surface area contributed by atoms with Crippen molar-refractivity contribution < 1.29 is 4.79 Å². The quantitative estimate of drug-likeness (QED) is 0.901. The summed E-state index contributed by atoms with van der Waals surface area (Å²) < 4.78 is 0. The van der Waals surface area contributed by atoms with Crippen LogP contribution in [0.15, 0.2) is 30.3 Å². The number of nitrogens with two attached hydrogens (primary N) is 1. The van der Waals surface area contributed by atoms with Crippen molar-refractivity contribution in [3.05, 3.63) is 35.9 Å². The second kappa shape index (κ2) is 7.09. The lowest BCUT2D eigenvalue weighted by molar-refractivity contribution is -0.127. The van der Waals surface area contributed by atoms with E-state index in [2.05, 4.69) is 12.2 Å². The highest BCUT2D eigenvalue weighted by Crippen LogP contribution is 2.25. The van der Waals surface area contributed by atoms with Crippen molar-refractivity contribution in [2.24, 2.45) is 11.7 Å². The Morgan fingerprint density at radius 2 is 1.85 bits per heavy atom. The molecule has 20 heavy (non-hydrogen) atoms. The van der Waals surface area contributed by atoms with Gasteiger partial charge in [-0.2, -0.15) is 0 Å². The SMILES string of the molecule is CC1CCCCC1NC(=O)C(C)(N)c1ccccc1.Cl. The molecule has 0 bridgehead atoms. The van der Waals surface area contributed by atoms with Gasteiger partial charge in [0.2, 0.25) is 5.91 Å². The minimum absolute atomic E-state index is 0. The van der Waals surface area contributed by atoms with Crippen LogP contribution in [0.3, 0.4) is 0 Å². The van der Waals surface area contributed by atoms with Crippen LogP contribution in [-0.4, -0.2) is 11.9 Å². The van der Waals surface area contributed by atoms with Gasteiger partial charge >= 0.3 is 0 Å². The number of benzene rings is 1. The Kier molecular flexibility index (Phi) is 6.03. The normalized spacial score (nSPS) is 25.1. The number of carbonyl (C=O) groups is 1. The summed E-state index contributed by atoms with van der Waals surface area (Å²) in [6.45, 7) is 3.99. The lowest BCUT2D eigenvalue weighted by Gasteiger charge is -2.33. The van der Waals surface area contributed by atoms with Crippen LogP contribution in [0.2, 0.25) is 0 Å².